The molecule has 1 aliphatic rings. The van der Waals surface area contributed by atoms with Crippen LogP contribution in [-0.4, -0.2) is 50.8 Å². The van der Waals surface area contributed by atoms with Crippen LogP contribution >= 0.6 is 11.3 Å². The highest BCUT2D eigenvalue weighted by molar-refractivity contribution is 7.11. The van der Waals surface area contributed by atoms with Gasteiger partial charge in [0.15, 0.2) is 8.32 Å². The van der Waals surface area contributed by atoms with Crippen molar-refractivity contribution < 1.29 is 28.5 Å². The smallest absolute Gasteiger partial charge is 0.309 e. The summed E-state index contributed by atoms with van der Waals surface area (Å²) in [4.78, 5) is 17.0. The van der Waals surface area contributed by atoms with E-state index in [4.69, 9.17) is 23.6 Å². The molecule has 1 saturated carbocycles. The van der Waals surface area contributed by atoms with Gasteiger partial charge in [0, 0.05) is 16.9 Å². The highest BCUT2D eigenvalue weighted by atomic mass is 32.1. The van der Waals surface area contributed by atoms with Crippen molar-refractivity contribution in [2.24, 2.45) is 0 Å². The molecule has 3 rings (SSSR count). The molecule has 1 aliphatic carbocycles. The second-order valence-electron chi connectivity index (χ2n) is 11.8. The summed E-state index contributed by atoms with van der Waals surface area (Å²) < 4.78 is 25.5. The number of aryl methyl sites for hydroxylation is 1. The lowest BCUT2D eigenvalue weighted by atomic mass is 9.99. The zero-order valence-electron chi connectivity index (χ0n) is 24.5. The number of rotatable bonds is 12. The zero-order valence-corrected chi connectivity index (χ0v) is 26.3. The van der Waals surface area contributed by atoms with Crippen LogP contribution in [0.15, 0.2) is 12.1 Å². The molecular formula is C29H45NO6SSi. The molecule has 7 nitrogen and oxygen atoms in total. The van der Waals surface area contributed by atoms with Crippen LogP contribution in [0.3, 0.4) is 0 Å². The molecular weight excluding hydrogens is 518 g/mol. The second-order valence-corrected chi connectivity index (χ2v) is 17.9. The number of aliphatic carboxylic acids is 1. The van der Waals surface area contributed by atoms with Crippen molar-refractivity contribution in [2.45, 2.75) is 110 Å². The molecule has 0 saturated heterocycles. The highest BCUT2D eigenvalue weighted by Crippen LogP contribution is 2.44. The largest absolute Gasteiger partial charge is 0.496 e. The molecule has 1 aromatic carbocycles. The Labute approximate surface area is 233 Å². The minimum absolute atomic E-state index is 0.00550. The maximum absolute atomic E-state index is 11.4. The summed E-state index contributed by atoms with van der Waals surface area (Å²) in [6, 6.07) is 4.09. The van der Waals surface area contributed by atoms with E-state index in [1.54, 1.807) is 25.6 Å². The molecule has 0 aliphatic heterocycles. The average molecular weight is 564 g/mol. The molecule has 2 aromatic rings. The molecule has 1 aromatic heterocycles. The van der Waals surface area contributed by atoms with E-state index in [-0.39, 0.29) is 29.8 Å². The van der Waals surface area contributed by atoms with Gasteiger partial charge >= 0.3 is 5.97 Å². The van der Waals surface area contributed by atoms with E-state index in [1.807, 2.05) is 26.0 Å². The normalized spacial score (nSPS) is 16.4. The van der Waals surface area contributed by atoms with Crippen LogP contribution in [0, 0.1) is 13.8 Å². The summed E-state index contributed by atoms with van der Waals surface area (Å²) in [6.07, 6.45) is 4.36. The van der Waals surface area contributed by atoms with Gasteiger partial charge in [0.1, 0.15) is 11.5 Å². The lowest BCUT2D eigenvalue weighted by Gasteiger charge is -2.42. The molecule has 0 amide bonds. The fraction of sp³-hybridized carbons (Fsp3) is 0.655. The second kappa shape index (κ2) is 12.5. The first-order chi connectivity index (χ1) is 17.8. The average Bonchev–Trinajstić information content (AvgIpc) is 3.45. The molecule has 2 unspecified atom stereocenters. The van der Waals surface area contributed by atoms with Crippen molar-refractivity contribution in [3.8, 4) is 11.5 Å². The number of hydrogen-bond acceptors (Lipinski definition) is 7. The number of hydrogen-bond donors (Lipinski definition) is 1. The van der Waals surface area contributed by atoms with Gasteiger partial charge in [-0.25, -0.2) is 4.98 Å². The standard InChI is InChI=1S/C29H45NO6SSi/c1-18-23(33-6)14-20(15-24(18)34-7)28(36-38(8,9)29(3,4)5)25(35-21-12-10-11-13-21)17-26-30-22(16-27(31)32)19(2)37-26/h14-15,21,25,28H,10-13,16-17H2,1-9H3,(H,31,32). The molecule has 212 valence electrons. The van der Waals surface area contributed by atoms with E-state index < -0.39 is 14.3 Å². The van der Waals surface area contributed by atoms with Crippen LogP contribution in [0.25, 0.3) is 0 Å². The summed E-state index contributed by atoms with van der Waals surface area (Å²) in [5.74, 6) is 0.620. The third-order valence-electron chi connectivity index (χ3n) is 7.97. The van der Waals surface area contributed by atoms with E-state index in [0.717, 1.165) is 58.2 Å². The summed E-state index contributed by atoms with van der Waals surface area (Å²) in [5.41, 5.74) is 2.51. The van der Waals surface area contributed by atoms with Crippen molar-refractivity contribution in [1.29, 1.82) is 0 Å². The zero-order chi connectivity index (χ0) is 28.3. The number of thiazole rings is 1. The van der Waals surface area contributed by atoms with Gasteiger partial charge in [-0.05, 0) is 62.5 Å². The first-order valence-electron chi connectivity index (χ1n) is 13.5. The third-order valence-corrected chi connectivity index (χ3v) is 13.5. The van der Waals surface area contributed by atoms with Gasteiger partial charge in [0.05, 0.1) is 49.7 Å². The Balaban J connectivity index is 2.11. The number of benzene rings is 1. The van der Waals surface area contributed by atoms with Crippen LogP contribution in [0.2, 0.25) is 18.1 Å². The number of carboxylic acid groups (broad SMARTS) is 1. The molecule has 2 atom stereocenters. The first kappa shape index (κ1) is 30.6. The van der Waals surface area contributed by atoms with Gasteiger partial charge in [-0.15, -0.1) is 11.3 Å². The van der Waals surface area contributed by atoms with E-state index in [2.05, 4.69) is 33.9 Å². The summed E-state index contributed by atoms with van der Waals surface area (Å²) in [5, 5.41) is 10.2. The minimum Gasteiger partial charge on any atom is -0.496 e. The topological polar surface area (TPSA) is 87.1 Å². The Kier molecular flexibility index (Phi) is 10.1. The van der Waals surface area contributed by atoms with E-state index in [0.29, 0.717) is 12.1 Å². The SMILES string of the molecule is COc1cc(C(O[Si](C)(C)C(C)(C)C)C(Cc2nc(CC(=O)O)c(C)s2)OC2CCCC2)cc(OC)c1C. The molecule has 1 heterocycles. The van der Waals surface area contributed by atoms with Gasteiger partial charge in [-0.2, -0.15) is 0 Å². The quantitative estimate of drug-likeness (QED) is 0.277. The predicted molar refractivity (Wildman–Crippen MR) is 154 cm³/mol. The number of aromatic nitrogens is 1. The van der Waals surface area contributed by atoms with Crippen LogP contribution in [-0.2, 0) is 26.8 Å². The number of methoxy groups -OCH3 is 2. The van der Waals surface area contributed by atoms with E-state index in [1.165, 1.54) is 0 Å². The number of ether oxygens (including phenoxy) is 3. The lowest BCUT2D eigenvalue weighted by molar-refractivity contribution is -0.136. The van der Waals surface area contributed by atoms with Crippen LogP contribution in [0.4, 0.5) is 0 Å². The molecule has 38 heavy (non-hydrogen) atoms. The summed E-state index contributed by atoms with van der Waals surface area (Å²) >= 11 is 1.55. The van der Waals surface area contributed by atoms with Crippen LogP contribution < -0.4 is 9.47 Å². The third kappa shape index (κ3) is 7.37. The fourth-order valence-corrected chi connectivity index (χ4v) is 6.94. The molecule has 9 heteroatoms. The Bertz CT molecular complexity index is 1080. The summed E-state index contributed by atoms with van der Waals surface area (Å²) in [6.45, 7) is 15.2. The minimum atomic E-state index is -2.24. The molecule has 0 bridgehead atoms. The Hall–Kier alpha value is -1.94. The maximum Gasteiger partial charge on any atom is 0.309 e. The van der Waals surface area contributed by atoms with Gasteiger partial charge in [0.25, 0.3) is 0 Å². The Morgan fingerprint density at radius 3 is 2.21 bits per heavy atom. The number of carboxylic acids is 1. The van der Waals surface area contributed by atoms with E-state index >= 15 is 0 Å². The Morgan fingerprint density at radius 1 is 1.13 bits per heavy atom. The predicted octanol–water partition coefficient (Wildman–Crippen LogP) is 7.04. The highest BCUT2D eigenvalue weighted by Gasteiger charge is 2.42. The van der Waals surface area contributed by atoms with E-state index in [9.17, 15) is 9.90 Å². The van der Waals surface area contributed by atoms with Crippen molar-refractivity contribution in [1.82, 2.24) is 4.98 Å². The van der Waals surface area contributed by atoms with Crippen molar-refractivity contribution in [2.75, 3.05) is 14.2 Å². The molecule has 0 spiro atoms. The number of nitrogens with zero attached hydrogens (tertiary/aromatic N) is 1. The monoisotopic (exact) mass is 563 g/mol. The van der Waals surface area contributed by atoms with Gasteiger partial charge in [-0.1, -0.05) is 33.6 Å². The summed E-state index contributed by atoms with van der Waals surface area (Å²) in [7, 11) is 1.10. The molecule has 1 N–H and O–H groups in total. The van der Waals surface area contributed by atoms with Crippen molar-refractivity contribution in [3.05, 3.63) is 38.8 Å². The van der Waals surface area contributed by atoms with Crippen LogP contribution in [0.5, 0.6) is 11.5 Å². The number of carbonyl (C=O) groups is 1. The maximum atomic E-state index is 11.4. The fourth-order valence-electron chi connectivity index (χ4n) is 4.68. The molecule has 0 radical (unpaired) electrons. The van der Waals surface area contributed by atoms with Crippen molar-refractivity contribution in [3.63, 3.8) is 0 Å². The van der Waals surface area contributed by atoms with Gasteiger partial charge in [0.2, 0.25) is 0 Å². The molecule has 1 fully saturated rings. The van der Waals surface area contributed by atoms with Crippen LogP contribution in [0.1, 0.15) is 79.3 Å². The lowest BCUT2D eigenvalue weighted by Crippen LogP contribution is -2.45. The first-order valence-corrected chi connectivity index (χ1v) is 17.2. The Morgan fingerprint density at radius 2 is 1.71 bits per heavy atom. The van der Waals surface area contributed by atoms with Gasteiger partial charge < -0.3 is 23.7 Å². The van der Waals surface area contributed by atoms with Crippen molar-refractivity contribution >= 4 is 25.6 Å². The van der Waals surface area contributed by atoms with Gasteiger partial charge in [-0.3, -0.25) is 4.79 Å².